The SMILES string of the molecule is CC(C)NC1C=CC(c2c(N)c3ccc(Oc4ncccn4)cc3n2C2CCC2)=CN1. The van der Waals surface area contributed by atoms with Gasteiger partial charge in [-0.3, -0.25) is 5.32 Å². The number of fused-ring (bicyclic) bond motifs is 1. The number of hydrogen-bond donors (Lipinski definition) is 3. The third-order valence-electron chi connectivity index (χ3n) is 5.88. The summed E-state index contributed by atoms with van der Waals surface area (Å²) >= 11 is 0. The molecule has 0 saturated heterocycles. The van der Waals surface area contributed by atoms with Crippen LogP contribution in [0.1, 0.15) is 44.8 Å². The number of benzene rings is 1. The van der Waals surface area contributed by atoms with Gasteiger partial charge in [-0.25, -0.2) is 9.97 Å². The molecule has 3 aromatic rings. The van der Waals surface area contributed by atoms with E-state index in [-0.39, 0.29) is 6.17 Å². The van der Waals surface area contributed by atoms with Gasteiger partial charge in [-0.1, -0.05) is 6.08 Å². The number of ether oxygens (including phenoxy) is 1. The number of rotatable bonds is 6. The second kappa shape index (κ2) is 8.07. The predicted molar refractivity (Wildman–Crippen MR) is 124 cm³/mol. The smallest absolute Gasteiger partial charge is 0.321 e. The molecule has 1 aromatic carbocycles. The minimum absolute atomic E-state index is 0.123. The molecule has 160 valence electrons. The summed E-state index contributed by atoms with van der Waals surface area (Å²) in [5.41, 5.74) is 10.8. The van der Waals surface area contributed by atoms with Gasteiger partial charge in [-0.05, 0) is 57.4 Å². The number of allylic oxidation sites excluding steroid dienone is 2. The van der Waals surface area contributed by atoms with Crippen LogP contribution in [0.5, 0.6) is 11.8 Å². The predicted octanol–water partition coefficient (Wildman–Crippen LogP) is 4.36. The second-order valence-corrected chi connectivity index (χ2v) is 8.45. The Hall–Kier alpha value is -3.32. The third-order valence-corrected chi connectivity index (χ3v) is 5.88. The first-order chi connectivity index (χ1) is 15.1. The number of dihydropyridines is 1. The number of nitrogen functional groups attached to an aromatic ring is 1. The molecule has 1 aliphatic carbocycles. The molecule has 1 unspecified atom stereocenters. The van der Waals surface area contributed by atoms with Crippen molar-refractivity contribution in [1.82, 2.24) is 25.2 Å². The maximum absolute atomic E-state index is 6.70. The highest BCUT2D eigenvalue weighted by molar-refractivity contribution is 6.01. The lowest BCUT2D eigenvalue weighted by Gasteiger charge is -2.31. The lowest BCUT2D eigenvalue weighted by atomic mass is 9.92. The highest BCUT2D eigenvalue weighted by Gasteiger charge is 2.28. The summed E-state index contributed by atoms with van der Waals surface area (Å²) < 4.78 is 8.28. The quantitative estimate of drug-likeness (QED) is 0.553. The molecule has 2 aliphatic rings. The van der Waals surface area contributed by atoms with Gasteiger partial charge in [0.25, 0.3) is 0 Å². The van der Waals surface area contributed by atoms with Gasteiger partial charge in [0.05, 0.1) is 23.1 Å². The zero-order chi connectivity index (χ0) is 21.4. The molecule has 0 spiro atoms. The molecule has 1 saturated carbocycles. The molecule has 1 atom stereocenters. The molecule has 0 bridgehead atoms. The molecule has 3 heterocycles. The number of nitrogens with two attached hydrogens (primary N) is 1. The van der Waals surface area contributed by atoms with Crippen LogP contribution in [0.4, 0.5) is 5.69 Å². The topological polar surface area (TPSA) is 90.0 Å². The zero-order valence-electron chi connectivity index (χ0n) is 17.9. The number of aromatic nitrogens is 3. The monoisotopic (exact) mass is 416 g/mol. The molecule has 31 heavy (non-hydrogen) atoms. The van der Waals surface area contributed by atoms with Crippen molar-refractivity contribution < 1.29 is 4.74 Å². The van der Waals surface area contributed by atoms with Crippen LogP contribution in [-0.4, -0.2) is 26.7 Å². The van der Waals surface area contributed by atoms with Gasteiger partial charge in [0.15, 0.2) is 0 Å². The van der Waals surface area contributed by atoms with Crippen molar-refractivity contribution in [2.24, 2.45) is 0 Å². The Balaban J connectivity index is 1.54. The molecule has 0 radical (unpaired) electrons. The van der Waals surface area contributed by atoms with Crippen molar-refractivity contribution in [1.29, 1.82) is 0 Å². The largest absolute Gasteiger partial charge is 0.424 e. The van der Waals surface area contributed by atoms with E-state index in [0.29, 0.717) is 23.8 Å². The van der Waals surface area contributed by atoms with E-state index >= 15 is 0 Å². The summed E-state index contributed by atoms with van der Waals surface area (Å²) in [6.07, 6.45) is 13.4. The summed E-state index contributed by atoms with van der Waals surface area (Å²) in [7, 11) is 0. The Kier molecular flexibility index (Phi) is 5.11. The molecule has 1 fully saturated rings. The average Bonchev–Trinajstić information content (AvgIpc) is 3.00. The maximum atomic E-state index is 6.70. The van der Waals surface area contributed by atoms with Crippen LogP contribution in [0.2, 0.25) is 0 Å². The van der Waals surface area contributed by atoms with Crippen LogP contribution in [0, 0.1) is 0 Å². The summed E-state index contributed by atoms with van der Waals surface area (Å²) in [6, 6.07) is 8.96. The van der Waals surface area contributed by atoms with Crippen LogP contribution in [0.25, 0.3) is 16.5 Å². The van der Waals surface area contributed by atoms with Gasteiger partial charge in [0.2, 0.25) is 0 Å². The number of hydrogen-bond acceptors (Lipinski definition) is 6. The van der Waals surface area contributed by atoms with Crippen molar-refractivity contribution in [3.63, 3.8) is 0 Å². The van der Waals surface area contributed by atoms with E-state index in [4.69, 9.17) is 10.5 Å². The first kappa shape index (κ1) is 19.6. The van der Waals surface area contributed by atoms with E-state index in [1.54, 1.807) is 18.5 Å². The molecule has 4 N–H and O–H groups in total. The molecule has 7 nitrogen and oxygen atoms in total. The third kappa shape index (κ3) is 3.77. The molecule has 0 amide bonds. The Labute approximate surface area is 182 Å². The first-order valence-electron chi connectivity index (χ1n) is 10.9. The van der Waals surface area contributed by atoms with Gasteiger partial charge in [0, 0.05) is 47.7 Å². The van der Waals surface area contributed by atoms with Gasteiger partial charge in [0.1, 0.15) is 5.75 Å². The lowest BCUT2D eigenvalue weighted by molar-refractivity contribution is 0.320. The summed E-state index contributed by atoms with van der Waals surface area (Å²) in [6.45, 7) is 4.28. The van der Waals surface area contributed by atoms with E-state index in [1.807, 2.05) is 18.2 Å². The molecular formula is C24H28N6O. The Morgan fingerprint density at radius 1 is 1.23 bits per heavy atom. The van der Waals surface area contributed by atoms with Crippen molar-refractivity contribution >= 4 is 22.2 Å². The fourth-order valence-corrected chi connectivity index (χ4v) is 4.24. The van der Waals surface area contributed by atoms with E-state index in [9.17, 15) is 0 Å². The Morgan fingerprint density at radius 3 is 2.68 bits per heavy atom. The van der Waals surface area contributed by atoms with Crippen molar-refractivity contribution in [2.45, 2.75) is 51.4 Å². The van der Waals surface area contributed by atoms with Crippen LogP contribution in [0.3, 0.4) is 0 Å². The normalized spacial score (nSPS) is 18.7. The lowest BCUT2D eigenvalue weighted by Crippen LogP contribution is -2.42. The van der Waals surface area contributed by atoms with Gasteiger partial charge >= 0.3 is 6.01 Å². The summed E-state index contributed by atoms with van der Waals surface area (Å²) in [5, 5.41) is 7.96. The minimum atomic E-state index is 0.123. The molecule has 7 heteroatoms. The van der Waals surface area contributed by atoms with Crippen LogP contribution in [0.15, 0.2) is 55.0 Å². The number of nitrogens with one attached hydrogen (secondary N) is 2. The molecular weight excluding hydrogens is 388 g/mol. The van der Waals surface area contributed by atoms with Gasteiger partial charge in [-0.2, -0.15) is 0 Å². The number of nitrogens with zero attached hydrogens (tertiary/aromatic N) is 3. The fourth-order valence-electron chi connectivity index (χ4n) is 4.24. The first-order valence-corrected chi connectivity index (χ1v) is 10.9. The highest BCUT2D eigenvalue weighted by Crippen LogP contribution is 2.43. The zero-order valence-corrected chi connectivity index (χ0v) is 17.9. The van der Waals surface area contributed by atoms with Crippen LogP contribution >= 0.6 is 0 Å². The van der Waals surface area contributed by atoms with Gasteiger partial charge in [-0.15, -0.1) is 0 Å². The Morgan fingerprint density at radius 2 is 2.03 bits per heavy atom. The number of anilines is 1. The van der Waals surface area contributed by atoms with Crippen molar-refractivity contribution in [3.8, 4) is 11.8 Å². The standard InChI is InChI=1S/C24H28N6O/c1-15(2)29-21-10-7-16(14-28-21)23-22(25)19-9-8-18(31-24-26-11-4-12-27-24)13-20(19)30(23)17-5-3-6-17/h4,7-15,17,21,28-29H,3,5-6,25H2,1-2H3. The fraction of sp³-hybridized carbons (Fsp3) is 0.333. The molecule has 2 aromatic heterocycles. The molecule has 5 rings (SSSR count). The van der Waals surface area contributed by atoms with Crippen LogP contribution < -0.4 is 21.1 Å². The van der Waals surface area contributed by atoms with E-state index < -0.39 is 0 Å². The van der Waals surface area contributed by atoms with Crippen molar-refractivity contribution in [2.75, 3.05) is 5.73 Å². The summed E-state index contributed by atoms with van der Waals surface area (Å²) in [4.78, 5) is 8.33. The van der Waals surface area contributed by atoms with Gasteiger partial charge < -0.3 is 20.4 Å². The van der Waals surface area contributed by atoms with E-state index in [1.165, 1.54) is 6.42 Å². The maximum Gasteiger partial charge on any atom is 0.321 e. The Bertz CT molecular complexity index is 1140. The van der Waals surface area contributed by atoms with E-state index in [2.05, 4.69) is 57.4 Å². The molecule has 1 aliphatic heterocycles. The van der Waals surface area contributed by atoms with Crippen molar-refractivity contribution in [3.05, 3.63) is 60.7 Å². The van der Waals surface area contributed by atoms with E-state index in [0.717, 1.165) is 40.7 Å². The minimum Gasteiger partial charge on any atom is -0.424 e. The second-order valence-electron chi connectivity index (χ2n) is 8.45. The highest BCUT2D eigenvalue weighted by atomic mass is 16.5. The average molecular weight is 417 g/mol. The summed E-state index contributed by atoms with van der Waals surface area (Å²) in [5.74, 6) is 0.704. The van der Waals surface area contributed by atoms with Crippen LogP contribution in [-0.2, 0) is 0 Å².